The Balaban J connectivity index is 1.43. The van der Waals surface area contributed by atoms with Crippen molar-refractivity contribution in [1.29, 1.82) is 0 Å². The summed E-state index contributed by atoms with van der Waals surface area (Å²) in [5.74, 6) is 0.543. The van der Waals surface area contributed by atoms with Crippen LogP contribution in [0.15, 0.2) is 40.7 Å². The molecule has 0 aliphatic carbocycles. The smallest absolute Gasteiger partial charge is 0.188 e. The topological polar surface area (TPSA) is 66.5 Å². The third kappa shape index (κ3) is 5.03. The Bertz CT molecular complexity index is 682. The van der Waals surface area contributed by atoms with Gasteiger partial charge in [-0.1, -0.05) is 37.3 Å². The minimum Gasteiger partial charge on any atom is -0.370 e. The number of nitrogens with one attached hydrogen (secondary N) is 1. The van der Waals surface area contributed by atoms with Crippen LogP contribution >= 0.6 is 11.3 Å². The molecular weight excluding hydrogens is 330 g/mol. The summed E-state index contributed by atoms with van der Waals surface area (Å²) in [6.45, 7) is 6.05. The van der Waals surface area contributed by atoms with Gasteiger partial charge in [0, 0.05) is 30.0 Å². The molecule has 0 spiro atoms. The number of aliphatic imine (C=N–C) groups is 1. The van der Waals surface area contributed by atoms with Crippen molar-refractivity contribution in [1.82, 2.24) is 15.2 Å². The minimum atomic E-state index is 0.543. The molecule has 1 aromatic heterocycles. The number of likely N-dealkylation sites (N-methyl/N-ethyl adjacent to an activating group) is 1. The second kappa shape index (κ2) is 8.97. The van der Waals surface area contributed by atoms with E-state index in [4.69, 9.17) is 10.7 Å². The van der Waals surface area contributed by atoms with Crippen LogP contribution in [-0.4, -0.2) is 48.1 Å². The lowest BCUT2D eigenvalue weighted by Gasteiger charge is -2.20. The molecule has 0 saturated carbocycles. The Kier molecular flexibility index (Phi) is 6.42. The SMILES string of the molecule is CCN1CCCC1CN=C(N)NCCc1csc(-c2ccccc2)n1. The molecule has 2 aromatic rings. The molecule has 3 rings (SSSR count). The number of thiazole rings is 1. The summed E-state index contributed by atoms with van der Waals surface area (Å²) >= 11 is 1.69. The normalized spacial score (nSPS) is 18.6. The average molecular weight is 358 g/mol. The second-order valence-corrected chi connectivity index (χ2v) is 7.20. The van der Waals surface area contributed by atoms with Gasteiger partial charge >= 0.3 is 0 Å². The first kappa shape index (κ1) is 17.9. The molecule has 5 nitrogen and oxygen atoms in total. The van der Waals surface area contributed by atoms with E-state index >= 15 is 0 Å². The maximum Gasteiger partial charge on any atom is 0.188 e. The molecule has 3 N–H and O–H groups in total. The van der Waals surface area contributed by atoms with Gasteiger partial charge in [-0.05, 0) is 25.9 Å². The highest BCUT2D eigenvalue weighted by atomic mass is 32.1. The van der Waals surface area contributed by atoms with Crippen molar-refractivity contribution in [3.63, 3.8) is 0 Å². The summed E-state index contributed by atoms with van der Waals surface area (Å²) in [5.41, 5.74) is 8.27. The van der Waals surface area contributed by atoms with Gasteiger partial charge in [0.25, 0.3) is 0 Å². The maximum atomic E-state index is 6.00. The molecule has 1 aromatic carbocycles. The summed E-state index contributed by atoms with van der Waals surface area (Å²) in [6.07, 6.45) is 3.35. The van der Waals surface area contributed by atoms with Crippen LogP contribution in [0.3, 0.4) is 0 Å². The summed E-state index contributed by atoms with van der Waals surface area (Å²) in [4.78, 5) is 11.7. The van der Waals surface area contributed by atoms with E-state index in [0.29, 0.717) is 12.0 Å². The molecule has 0 amide bonds. The highest BCUT2D eigenvalue weighted by molar-refractivity contribution is 7.13. The van der Waals surface area contributed by atoms with Crippen molar-refractivity contribution in [2.75, 3.05) is 26.2 Å². The van der Waals surface area contributed by atoms with Crippen LogP contribution in [-0.2, 0) is 6.42 Å². The molecule has 0 bridgehead atoms. The Labute approximate surface area is 154 Å². The fraction of sp³-hybridized carbons (Fsp3) is 0.474. The van der Waals surface area contributed by atoms with Gasteiger partial charge in [0.05, 0.1) is 12.2 Å². The predicted octanol–water partition coefficient (Wildman–Crippen LogP) is 2.74. The molecule has 1 saturated heterocycles. The van der Waals surface area contributed by atoms with Crippen LogP contribution in [0.4, 0.5) is 0 Å². The van der Waals surface area contributed by atoms with E-state index in [2.05, 4.69) is 39.6 Å². The lowest BCUT2D eigenvalue weighted by Crippen LogP contribution is -2.36. The number of guanidine groups is 1. The first-order chi connectivity index (χ1) is 12.3. The fourth-order valence-electron chi connectivity index (χ4n) is 3.23. The zero-order valence-electron chi connectivity index (χ0n) is 14.8. The van der Waals surface area contributed by atoms with Gasteiger partial charge in [-0.25, -0.2) is 4.98 Å². The molecule has 1 atom stereocenters. The highest BCUT2D eigenvalue weighted by Gasteiger charge is 2.22. The van der Waals surface area contributed by atoms with Crippen molar-refractivity contribution in [2.45, 2.75) is 32.2 Å². The molecule has 25 heavy (non-hydrogen) atoms. The van der Waals surface area contributed by atoms with Gasteiger partial charge in [-0.2, -0.15) is 0 Å². The first-order valence-corrected chi connectivity index (χ1v) is 9.92. The number of nitrogens with zero attached hydrogens (tertiary/aromatic N) is 3. The van der Waals surface area contributed by atoms with Crippen LogP contribution in [0, 0.1) is 0 Å². The van der Waals surface area contributed by atoms with E-state index in [-0.39, 0.29) is 0 Å². The molecule has 6 heteroatoms. The van der Waals surface area contributed by atoms with E-state index in [1.54, 1.807) is 11.3 Å². The lowest BCUT2D eigenvalue weighted by atomic mass is 10.2. The van der Waals surface area contributed by atoms with E-state index in [1.165, 1.54) is 24.9 Å². The molecule has 1 aliphatic heterocycles. The van der Waals surface area contributed by atoms with Crippen molar-refractivity contribution >= 4 is 17.3 Å². The third-order valence-corrected chi connectivity index (χ3v) is 5.58. The van der Waals surface area contributed by atoms with Crippen molar-refractivity contribution in [3.05, 3.63) is 41.4 Å². The van der Waals surface area contributed by atoms with Gasteiger partial charge in [-0.3, -0.25) is 9.89 Å². The van der Waals surface area contributed by atoms with Gasteiger partial charge in [0.1, 0.15) is 5.01 Å². The van der Waals surface area contributed by atoms with Crippen LogP contribution in [0.5, 0.6) is 0 Å². The maximum absolute atomic E-state index is 6.00. The molecular formula is C19H27N5S. The summed E-state index contributed by atoms with van der Waals surface area (Å²) in [6, 6.07) is 10.8. The fourth-order valence-corrected chi connectivity index (χ4v) is 4.09. The first-order valence-electron chi connectivity index (χ1n) is 9.04. The summed E-state index contributed by atoms with van der Waals surface area (Å²) in [7, 11) is 0. The Morgan fingerprint density at radius 2 is 2.24 bits per heavy atom. The number of likely N-dealkylation sites (tertiary alicyclic amines) is 1. The molecule has 1 unspecified atom stereocenters. The Morgan fingerprint density at radius 1 is 1.40 bits per heavy atom. The van der Waals surface area contributed by atoms with E-state index in [1.807, 2.05) is 18.2 Å². The minimum absolute atomic E-state index is 0.543. The molecule has 1 fully saturated rings. The molecule has 1 aliphatic rings. The van der Waals surface area contributed by atoms with Gasteiger partial charge in [0.2, 0.25) is 0 Å². The molecule has 0 radical (unpaired) electrons. The van der Waals surface area contributed by atoms with E-state index in [0.717, 1.165) is 36.8 Å². The average Bonchev–Trinajstić information content (AvgIpc) is 3.30. The quantitative estimate of drug-likeness (QED) is 0.591. The number of hydrogen-bond acceptors (Lipinski definition) is 4. The van der Waals surface area contributed by atoms with Crippen molar-refractivity contribution in [2.24, 2.45) is 10.7 Å². The van der Waals surface area contributed by atoms with Gasteiger partial charge < -0.3 is 11.1 Å². The largest absolute Gasteiger partial charge is 0.370 e. The number of hydrogen-bond donors (Lipinski definition) is 2. The number of aromatic nitrogens is 1. The van der Waals surface area contributed by atoms with Crippen molar-refractivity contribution in [3.8, 4) is 10.6 Å². The predicted molar refractivity (Wildman–Crippen MR) is 106 cm³/mol. The Hall–Kier alpha value is -1.92. The zero-order valence-corrected chi connectivity index (χ0v) is 15.6. The van der Waals surface area contributed by atoms with Crippen LogP contribution < -0.4 is 11.1 Å². The van der Waals surface area contributed by atoms with Crippen molar-refractivity contribution < 1.29 is 0 Å². The molecule has 2 heterocycles. The van der Waals surface area contributed by atoms with Gasteiger partial charge in [-0.15, -0.1) is 11.3 Å². The van der Waals surface area contributed by atoms with E-state index in [9.17, 15) is 0 Å². The molecule has 134 valence electrons. The lowest BCUT2D eigenvalue weighted by molar-refractivity contribution is 0.273. The van der Waals surface area contributed by atoms with Crippen LogP contribution in [0.25, 0.3) is 10.6 Å². The second-order valence-electron chi connectivity index (χ2n) is 6.34. The van der Waals surface area contributed by atoms with Gasteiger partial charge in [0.15, 0.2) is 5.96 Å². The zero-order chi connectivity index (χ0) is 17.5. The van der Waals surface area contributed by atoms with E-state index < -0.39 is 0 Å². The number of nitrogens with two attached hydrogens (primary N) is 1. The number of rotatable bonds is 7. The monoisotopic (exact) mass is 357 g/mol. The highest BCUT2D eigenvalue weighted by Crippen LogP contribution is 2.23. The number of benzene rings is 1. The summed E-state index contributed by atoms with van der Waals surface area (Å²) < 4.78 is 0. The van der Waals surface area contributed by atoms with Crippen LogP contribution in [0.2, 0.25) is 0 Å². The third-order valence-electron chi connectivity index (χ3n) is 4.64. The standard InChI is InChI=1S/C19H27N5S/c1-2-24-12-6-9-17(24)13-22-19(20)21-11-10-16-14-25-18(23-16)15-7-4-3-5-8-15/h3-5,7-8,14,17H,2,6,9-13H2,1H3,(H3,20,21,22). The summed E-state index contributed by atoms with van der Waals surface area (Å²) in [5, 5.41) is 6.40. The van der Waals surface area contributed by atoms with Crippen LogP contribution in [0.1, 0.15) is 25.5 Å². The Morgan fingerprint density at radius 3 is 3.04 bits per heavy atom.